The molecule has 11 nitrogen and oxygen atoms in total. The number of aryl methyl sites for hydroxylation is 1. The summed E-state index contributed by atoms with van der Waals surface area (Å²) < 4.78 is 37.1. The summed E-state index contributed by atoms with van der Waals surface area (Å²) in [5.74, 6) is -4.38. The Kier molecular flexibility index (Phi) is 5.78. The second-order valence-corrected chi connectivity index (χ2v) is 7.93. The maximum atomic E-state index is 12.4. The summed E-state index contributed by atoms with van der Waals surface area (Å²) in [5.41, 5.74) is 0.292. The molecule has 12 heteroatoms. The highest BCUT2D eigenvalue weighted by Gasteiger charge is 2.37. The number of hydrogen-bond acceptors (Lipinski definition) is 8. The van der Waals surface area contributed by atoms with Crippen molar-refractivity contribution in [3.8, 4) is 0 Å². The highest BCUT2D eigenvalue weighted by atomic mass is 32.2. The van der Waals surface area contributed by atoms with Crippen molar-refractivity contribution in [3.05, 3.63) is 60.2 Å². The fraction of sp³-hybridized carbons (Fsp3) is 0.167. The van der Waals surface area contributed by atoms with E-state index in [1.165, 1.54) is 48.7 Å². The van der Waals surface area contributed by atoms with Crippen molar-refractivity contribution in [3.63, 3.8) is 0 Å². The number of benzene rings is 1. The van der Waals surface area contributed by atoms with E-state index >= 15 is 0 Å². The lowest BCUT2D eigenvalue weighted by Gasteiger charge is -2.21. The number of furan rings is 1. The number of carboxylic acid groups (broad SMARTS) is 2. The molecule has 0 radical (unpaired) electrons. The molecule has 4 N–H and O–H groups in total. The molecular weight excluding hydrogens is 418 g/mol. The summed E-state index contributed by atoms with van der Waals surface area (Å²) in [5, 5.41) is 25.0. The first-order chi connectivity index (χ1) is 14.2. The number of sulfonamides is 1. The van der Waals surface area contributed by atoms with Crippen LogP contribution in [-0.4, -0.2) is 35.7 Å². The van der Waals surface area contributed by atoms with E-state index in [1.807, 2.05) is 0 Å². The maximum Gasteiger partial charge on any atom is 0.320 e. The van der Waals surface area contributed by atoms with Gasteiger partial charge in [0, 0.05) is 11.8 Å². The van der Waals surface area contributed by atoms with E-state index in [9.17, 15) is 28.2 Å². The van der Waals surface area contributed by atoms with E-state index in [0.29, 0.717) is 11.4 Å². The maximum absolute atomic E-state index is 12.4. The molecular formula is C18H17N3O8S. The molecule has 0 aliphatic carbocycles. The van der Waals surface area contributed by atoms with Crippen molar-refractivity contribution in [2.24, 2.45) is 5.92 Å². The van der Waals surface area contributed by atoms with Gasteiger partial charge in [-0.05, 0) is 43.3 Å². The third-order valence-electron chi connectivity index (χ3n) is 4.07. The van der Waals surface area contributed by atoms with Crippen LogP contribution in [0.25, 0.3) is 0 Å². The Morgan fingerprint density at radius 1 is 1.10 bits per heavy atom. The van der Waals surface area contributed by atoms with Gasteiger partial charge in [0.2, 0.25) is 0 Å². The summed E-state index contributed by atoms with van der Waals surface area (Å²) in [6.07, 6.45) is 1.29. The van der Waals surface area contributed by atoms with Gasteiger partial charge in [-0.2, -0.15) is 0 Å². The zero-order valence-corrected chi connectivity index (χ0v) is 16.3. The van der Waals surface area contributed by atoms with Gasteiger partial charge in [-0.25, -0.2) is 8.42 Å². The van der Waals surface area contributed by atoms with Crippen LogP contribution in [0.15, 0.2) is 62.6 Å². The molecule has 0 fully saturated rings. The molecule has 1 aromatic carbocycles. The molecule has 1 atom stereocenters. The van der Waals surface area contributed by atoms with Crippen molar-refractivity contribution >= 4 is 33.5 Å². The zero-order chi connectivity index (χ0) is 21.9. The number of rotatable bonds is 9. The fourth-order valence-electron chi connectivity index (χ4n) is 2.70. The minimum Gasteiger partial charge on any atom is -0.481 e. The van der Waals surface area contributed by atoms with Crippen LogP contribution in [0.1, 0.15) is 17.6 Å². The predicted molar refractivity (Wildman–Crippen MR) is 102 cm³/mol. The third-order valence-corrected chi connectivity index (χ3v) is 5.44. The van der Waals surface area contributed by atoms with Crippen molar-refractivity contribution in [2.75, 3.05) is 10.0 Å². The molecule has 2 heterocycles. The van der Waals surface area contributed by atoms with E-state index in [-0.39, 0.29) is 16.5 Å². The first kappa shape index (κ1) is 20.9. The molecule has 0 spiro atoms. The molecule has 3 rings (SSSR count). The predicted octanol–water partition coefficient (Wildman–Crippen LogP) is 2.32. The van der Waals surface area contributed by atoms with Crippen LogP contribution in [0.4, 0.5) is 11.5 Å². The molecule has 0 aliphatic heterocycles. The second-order valence-electron chi connectivity index (χ2n) is 6.24. The Labute approximate surface area is 170 Å². The van der Waals surface area contributed by atoms with Gasteiger partial charge in [0.25, 0.3) is 10.0 Å². The van der Waals surface area contributed by atoms with Gasteiger partial charge in [-0.15, -0.1) is 0 Å². The molecule has 158 valence electrons. The number of carboxylic acids is 2. The Morgan fingerprint density at radius 2 is 1.77 bits per heavy atom. The van der Waals surface area contributed by atoms with Gasteiger partial charge in [0.1, 0.15) is 17.6 Å². The standard InChI is InChI=1S/C18H17N3O8S/c1-10-9-14(20-29-10)21-30(26,27)12-6-4-11(5-7-12)19-16(13-3-2-8-28-13)15(17(22)23)18(24)25/h2-9,15-16,19H,1H3,(H,20,21)(H,22,23)(H,24,25). The summed E-state index contributed by atoms with van der Waals surface area (Å²) >= 11 is 0. The van der Waals surface area contributed by atoms with E-state index in [4.69, 9.17) is 8.94 Å². The highest BCUT2D eigenvalue weighted by Crippen LogP contribution is 2.29. The first-order valence-electron chi connectivity index (χ1n) is 8.49. The van der Waals surface area contributed by atoms with Crippen molar-refractivity contribution in [1.29, 1.82) is 0 Å². The van der Waals surface area contributed by atoms with E-state index < -0.39 is 33.9 Å². The van der Waals surface area contributed by atoms with Crippen molar-refractivity contribution in [1.82, 2.24) is 5.16 Å². The average Bonchev–Trinajstić information content (AvgIpc) is 3.32. The van der Waals surface area contributed by atoms with Crippen LogP contribution in [0, 0.1) is 12.8 Å². The molecule has 0 aliphatic rings. The quantitative estimate of drug-likeness (QED) is 0.365. The molecule has 0 bridgehead atoms. The SMILES string of the molecule is Cc1cc(NS(=O)(=O)c2ccc(NC(c3ccco3)C(C(=O)O)C(=O)O)cc2)no1. The van der Waals surface area contributed by atoms with Crippen LogP contribution in [0.2, 0.25) is 0 Å². The van der Waals surface area contributed by atoms with Crippen LogP contribution >= 0.6 is 0 Å². The molecule has 0 saturated heterocycles. The largest absolute Gasteiger partial charge is 0.481 e. The van der Waals surface area contributed by atoms with Gasteiger partial charge in [-0.3, -0.25) is 14.3 Å². The molecule has 0 amide bonds. The Balaban J connectivity index is 1.83. The van der Waals surface area contributed by atoms with Gasteiger partial charge < -0.3 is 24.5 Å². The number of nitrogens with zero attached hydrogens (tertiary/aromatic N) is 1. The monoisotopic (exact) mass is 435 g/mol. The Morgan fingerprint density at radius 3 is 2.27 bits per heavy atom. The second kappa shape index (κ2) is 8.29. The van der Waals surface area contributed by atoms with Crippen LogP contribution in [0.3, 0.4) is 0 Å². The summed E-state index contributed by atoms with van der Waals surface area (Å²) in [7, 11) is -3.94. The first-order valence-corrected chi connectivity index (χ1v) is 9.97. The Hall–Kier alpha value is -3.80. The van der Waals surface area contributed by atoms with Gasteiger partial charge in [-0.1, -0.05) is 5.16 Å². The Bertz CT molecular complexity index is 1120. The molecule has 1 unspecified atom stereocenters. The minimum absolute atomic E-state index is 0.0262. The summed E-state index contributed by atoms with van der Waals surface area (Å²) in [6.45, 7) is 1.61. The molecule has 30 heavy (non-hydrogen) atoms. The van der Waals surface area contributed by atoms with Gasteiger partial charge in [0.05, 0.1) is 11.2 Å². The lowest BCUT2D eigenvalue weighted by molar-refractivity contribution is -0.155. The molecule has 2 aromatic heterocycles. The third kappa shape index (κ3) is 4.60. The molecule has 0 saturated carbocycles. The van der Waals surface area contributed by atoms with E-state index in [1.54, 1.807) is 6.92 Å². The number of anilines is 2. The van der Waals surface area contributed by atoms with E-state index in [0.717, 1.165) is 0 Å². The zero-order valence-electron chi connectivity index (χ0n) is 15.5. The van der Waals surface area contributed by atoms with Gasteiger partial charge in [0.15, 0.2) is 11.7 Å². The van der Waals surface area contributed by atoms with Crippen LogP contribution < -0.4 is 10.0 Å². The summed E-state index contributed by atoms with van der Waals surface area (Å²) in [6, 6.07) is 8.42. The van der Waals surface area contributed by atoms with Crippen LogP contribution in [0.5, 0.6) is 0 Å². The normalized spacial score (nSPS) is 12.5. The molecule has 3 aromatic rings. The topological polar surface area (TPSA) is 172 Å². The number of aliphatic carboxylic acids is 2. The number of hydrogen-bond donors (Lipinski definition) is 4. The lowest BCUT2D eigenvalue weighted by atomic mass is 9.97. The average molecular weight is 435 g/mol. The highest BCUT2D eigenvalue weighted by molar-refractivity contribution is 7.92. The number of nitrogens with one attached hydrogen (secondary N) is 2. The minimum atomic E-state index is -3.94. The smallest absolute Gasteiger partial charge is 0.320 e. The number of carbonyl (C=O) groups is 2. The van der Waals surface area contributed by atoms with E-state index in [2.05, 4.69) is 15.2 Å². The van der Waals surface area contributed by atoms with Crippen molar-refractivity contribution < 1.29 is 37.2 Å². The van der Waals surface area contributed by atoms with Crippen LogP contribution in [-0.2, 0) is 19.6 Å². The van der Waals surface area contributed by atoms with Crippen molar-refractivity contribution in [2.45, 2.75) is 17.9 Å². The summed E-state index contributed by atoms with van der Waals surface area (Å²) in [4.78, 5) is 22.8. The van der Waals surface area contributed by atoms with Gasteiger partial charge >= 0.3 is 11.9 Å². The number of aromatic nitrogens is 1. The fourth-order valence-corrected chi connectivity index (χ4v) is 3.68. The lowest BCUT2D eigenvalue weighted by Crippen LogP contribution is -2.33.